The molecule has 0 spiro atoms. The van der Waals surface area contributed by atoms with Crippen molar-refractivity contribution in [3.8, 4) is 12.1 Å². The molecule has 1 heterocycles. The maximum absolute atomic E-state index is 10.5. The number of hydrogen-bond donors (Lipinski definition) is 1. The van der Waals surface area contributed by atoms with E-state index in [1.54, 1.807) is 24.3 Å². The molecule has 0 aliphatic carbocycles. The maximum Gasteiger partial charge on any atom is 0.0991 e. The third-order valence-electron chi connectivity index (χ3n) is 4.20. The van der Waals surface area contributed by atoms with Gasteiger partial charge in [-0.15, -0.1) is 0 Å². The lowest BCUT2D eigenvalue weighted by molar-refractivity contribution is -0.137. The molecule has 2 atom stereocenters. The fraction of sp³-hybridized carbons (Fsp3) is 0.222. The molecule has 0 aromatic heterocycles. The van der Waals surface area contributed by atoms with Crippen molar-refractivity contribution in [2.24, 2.45) is 0 Å². The van der Waals surface area contributed by atoms with Crippen LogP contribution < -0.4 is 0 Å². The Kier molecular flexibility index (Phi) is 3.89. The van der Waals surface area contributed by atoms with Gasteiger partial charge in [0.25, 0.3) is 0 Å². The van der Waals surface area contributed by atoms with E-state index in [4.69, 9.17) is 10.5 Å². The van der Waals surface area contributed by atoms with Gasteiger partial charge in [0.1, 0.15) is 0 Å². The molecule has 1 fully saturated rings. The van der Waals surface area contributed by atoms with E-state index in [2.05, 4.69) is 12.1 Å². The van der Waals surface area contributed by atoms with Crippen LogP contribution in [0, 0.1) is 22.7 Å². The number of benzene rings is 2. The quantitative estimate of drug-likeness (QED) is 0.915. The highest BCUT2D eigenvalue weighted by molar-refractivity contribution is 5.35. The zero-order chi connectivity index (χ0) is 15.5. The summed E-state index contributed by atoms with van der Waals surface area (Å²) in [5, 5.41) is 29.6. The minimum absolute atomic E-state index is 0.0617. The summed E-state index contributed by atoms with van der Waals surface area (Å²) in [6.45, 7) is 0. The minimum Gasteiger partial charge on any atom is -0.313 e. The third kappa shape index (κ3) is 2.58. The van der Waals surface area contributed by atoms with Crippen molar-refractivity contribution in [1.82, 2.24) is 5.06 Å². The van der Waals surface area contributed by atoms with Gasteiger partial charge in [-0.3, -0.25) is 0 Å². The summed E-state index contributed by atoms with van der Waals surface area (Å²) in [6.07, 6.45) is 1.71. The maximum atomic E-state index is 10.5. The molecule has 0 radical (unpaired) electrons. The fourth-order valence-electron chi connectivity index (χ4n) is 3.00. The highest BCUT2D eigenvalue weighted by Crippen LogP contribution is 2.42. The predicted molar refractivity (Wildman–Crippen MR) is 80.7 cm³/mol. The van der Waals surface area contributed by atoms with Gasteiger partial charge in [0.05, 0.1) is 35.3 Å². The average molecular weight is 289 g/mol. The highest BCUT2D eigenvalue weighted by atomic mass is 16.5. The van der Waals surface area contributed by atoms with Crippen LogP contribution in [0.15, 0.2) is 48.5 Å². The largest absolute Gasteiger partial charge is 0.313 e. The Morgan fingerprint density at radius 1 is 0.773 bits per heavy atom. The Labute approximate surface area is 129 Å². The topological polar surface area (TPSA) is 71.0 Å². The Balaban J connectivity index is 1.80. The second-order valence-corrected chi connectivity index (χ2v) is 5.46. The van der Waals surface area contributed by atoms with Crippen molar-refractivity contribution in [2.45, 2.75) is 24.9 Å². The van der Waals surface area contributed by atoms with E-state index in [0.29, 0.717) is 11.1 Å². The van der Waals surface area contributed by atoms with Crippen LogP contribution in [0.3, 0.4) is 0 Å². The molecule has 0 amide bonds. The summed E-state index contributed by atoms with van der Waals surface area (Å²) in [5.41, 5.74) is 3.26. The molecule has 1 N–H and O–H groups in total. The normalized spacial score (nSPS) is 21.2. The van der Waals surface area contributed by atoms with Crippen molar-refractivity contribution in [3.63, 3.8) is 0 Å². The third-order valence-corrected chi connectivity index (χ3v) is 4.20. The summed E-state index contributed by atoms with van der Waals surface area (Å²) < 4.78 is 0. The second-order valence-electron chi connectivity index (χ2n) is 5.46. The molecule has 4 nitrogen and oxygen atoms in total. The van der Waals surface area contributed by atoms with Crippen LogP contribution >= 0.6 is 0 Å². The van der Waals surface area contributed by atoms with E-state index in [0.717, 1.165) is 24.0 Å². The summed E-state index contributed by atoms with van der Waals surface area (Å²) in [4.78, 5) is 0. The average Bonchev–Trinajstić information content (AvgIpc) is 2.96. The zero-order valence-electron chi connectivity index (χ0n) is 12.0. The van der Waals surface area contributed by atoms with Gasteiger partial charge in [0, 0.05) is 0 Å². The molecule has 0 bridgehead atoms. The van der Waals surface area contributed by atoms with Gasteiger partial charge in [-0.05, 0) is 48.2 Å². The van der Waals surface area contributed by atoms with Crippen molar-refractivity contribution < 1.29 is 5.21 Å². The second kappa shape index (κ2) is 5.99. The Morgan fingerprint density at radius 3 is 1.45 bits per heavy atom. The first-order valence-electron chi connectivity index (χ1n) is 7.20. The number of hydrogen-bond acceptors (Lipinski definition) is 4. The van der Waals surface area contributed by atoms with E-state index in [1.807, 2.05) is 24.3 Å². The van der Waals surface area contributed by atoms with Crippen LogP contribution in [0.2, 0.25) is 0 Å². The fourth-order valence-corrected chi connectivity index (χ4v) is 3.00. The number of hydroxylamine groups is 2. The standard InChI is InChI=1S/C18H15N3O/c19-11-13-1-5-15(6-2-13)17-9-10-18(21(17)22)16-7-3-14(12-20)4-8-16/h1-8,17-18,22H,9-10H2. The lowest BCUT2D eigenvalue weighted by atomic mass is 10.0. The number of nitrogens with zero attached hydrogens (tertiary/aromatic N) is 3. The van der Waals surface area contributed by atoms with Gasteiger partial charge in [-0.25, -0.2) is 0 Å². The molecule has 1 saturated heterocycles. The lowest BCUT2D eigenvalue weighted by Gasteiger charge is -2.24. The summed E-state index contributed by atoms with van der Waals surface area (Å²) >= 11 is 0. The molecular weight excluding hydrogens is 274 g/mol. The summed E-state index contributed by atoms with van der Waals surface area (Å²) in [7, 11) is 0. The Morgan fingerprint density at radius 2 is 1.14 bits per heavy atom. The zero-order valence-corrected chi connectivity index (χ0v) is 12.0. The van der Waals surface area contributed by atoms with Crippen LogP contribution in [0.25, 0.3) is 0 Å². The smallest absolute Gasteiger partial charge is 0.0991 e. The van der Waals surface area contributed by atoms with E-state index in [1.165, 1.54) is 5.06 Å². The van der Waals surface area contributed by atoms with Crippen LogP contribution in [0.4, 0.5) is 0 Å². The lowest BCUT2D eigenvalue weighted by Crippen LogP contribution is -2.22. The van der Waals surface area contributed by atoms with Gasteiger partial charge in [0.2, 0.25) is 0 Å². The van der Waals surface area contributed by atoms with Crippen LogP contribution in [0.1, 0.15) is 47.2 Å². The molecule has 108 valence electrons. The first kappa shape index (κ1) is 14.3. The van der Waals surface area contributed by atoms with Crippen LogP contribution in [0.5, 0.6) is 0 Å². The van der Waals surface area contributed by atoms with Crippen LogP contribution in [-0.4, -0.2) is 10.3 Å². The number of nitriles is 2. The van der Waals surface area contributed by atoms with Gasteiger partial charge in [-0.2, -0.15) is 15.6 Å². The van der Waals surface area contributed by atoms with Crippen LogP contribution in [-0.2, 0) is 0 Å². The Hall–Kier alpha value is -2.66. The van der Waals surface area contributed by atoms with E-state index in [-0.39, 0.29) is 12.1 Å². The molecule has 1 aliphatic rings. The highest BCUT2D eigenvalue weighted by Gasteiger charge is 2.34. The van der Waals surface area contributed by atoms with Gasteiger partial charge in [0.15, 0.2) is 0 Å². The molecule has 2 unspecified atom stereocenters. The summed E-state index contributed by atoms with van der Waals surface area (Å²) in [6, 6.07) is 18.8. The van der Waals surface area contributed by atoms with Crippen molar-refractivity contribution in [3.05, 3.63) is 70.8 Å². The van der Waals surface area contributed by atoms with Gasteiger partial charge < -0.3 is 5.21 Å². The molecule has 3 rings (SSSR count). The monoisotopic (exact) mass is 289 g/mol. The van der Waals surface area contributed by atoms with Gasteiger partial charge >= 0.3 is 0 Å². The number of rotatable bonds is 2. The SMILES string of the molecule is N#Cc1ccc(C2CCC(c3ccc(C#N)cc3)N2O)cc1. The van der Waals surface area contributed by atoms with Crippen molar-refractivity contribution in [1.29, 1.82) is 10.5 Å². The molecule has 0 saturated carbocycles. The molecular formula is C18H15N3O. The molecule has 22 heavy (non-hydrogen) atoms. The first-order valence-corrected chi connectivity index (χ1v) is 7.20. The van der Waals surface area contributed by atoms with E-state index >= 15 is 0 Å². The molecule has 2 aromatic rings. The van der Waals surface area contributed by atoms with Crippen molar-refractivity contribution >= 4 is 0 Å². The predicted octanol–water partition coefficient (Wildman–Crippen LogP) is 3.70. The van der Waals surface area contributed by atoms with Gasteiger partial charge in [-0.1, -0.05) is 24.3 Å². The van der Waals surface area contributed by atoms with Crippen molar-refractivity contribution in [2.75, 3.05) is 0 Å². The molecule has 4 heteroatoms. The van der Waals surface area contributed by atoms with E-state index in [9.17, 15) is 5.21 Å². The summed E-state index contributed by atoms with van der Waals surface area (Å²) in [5.74, 6) is 0. The molecule has 1 aliphatic heterocycles. The van der Waals surface area contributed by atoms with E-state index < -0.39 is 0 Å². The first-order chi connectivity index (χ1) is 10.7. The Bertz CT molecular complexity index is 672. The minimum atomic E-state index is -0.0617. The molecule has 2 aromatic carbocycles.